The summed E-state index contributed by atoms with van der Waals surface area (Å²) in [5.41, 5.74) is 5.85. The first kappa shape index (κ1) is 16.6. The third-order valence-electron chi connectivity index (χ3n) is 4.19. The molecule has 1 aliphatic heterocycles. The van der Waals surface area contributed by atoms with Gasteiger partial charge in [-0.15, -0.1) is 0 Å². The monoisotopic (exact) mass is 307 g/mol. The smallest absolute Gasteiger partial charge is 0.234 e. The lowest BCUT2D eigenvalue weighted by Gasteiger charge is -2.36. The molecule has 0 aromatic heterocycles. The zero-order chi connectivity index (χ0) is 16.1. The molecule has 1 saturated heterocycles. The number of nitrogens with zero attached hydrogens (tertiary/aromatic N) is 2. The Balaban J connectivity index is 1.76. The molecule has 0 unspecified atom stereocenters. The van der Waals surface area contributed by atoms with Crippen molar-refractivity contribution < 1.29 is 14.0 Å². The number of nitrogens with two attached hydrogens (primary N) is 1. The SMILES string of the molecule is C[C@H](C(N)=O)N1CCN(CCC(=O)c2ccc(F)cc2)CC1. The summed E-state index contributed by atoms with van der Waals surface area (Å²) in [6, 6.07) is 5.39. The molecule has 0 bridgehead atoms. The Bertz CT molecular complexity index is 525. The van der Waals surface area contributed by atoms with Crippen molar-refractivity contribution in [3.05, 3.63) is 35.6 Å². The lowest BCUT2D eigenvalue weighted by molar-refractivity contribution is -0.123. The lowest BCUT2D eigenvalue weighted by Crippen LogP contribution is -2.53. The van der Waals surface area contributed by atoms with E-state index in [1.807, 2.05) is 6.92 Å². The topological polar surface area (TPSA) is 66.6 Å². The molecule has 1 fully saturated rings. The molecule has 6 heteroatoms. The van der Waals surface area contributed by atoms with Crippen molar-refractivity contribution in [2.24, 2.45) is 5.73 Å². The zero-order valence-corrected chi connectivity index (χ0v) is 12.8. The number of hydrogen-bond donors (Lipinski definition) is 1. The highest BCUT2D eigenvalue weighted by Crippen LogP contribution is 2.09. The minimum atomic E-state index is -0.337. The van der Waals surface area contributed by atoms with E-state index in [1.165, 1.54) is 24.3 Å². The molecule has 0 radical (unpaired) electrons. The van der Waals surface area contributed by atoms with Gasteiger partial charge in [0.2, 0.25) is 5.91 Å². The highest BCUT2D eigenvalue weighted by molar-refractivity contribution is 5.96. The molecule has 1 aromatic carbocycles. The second-order valence-corrected chi connectivity index (χ2v) is 5.64. The van der Waals surface area contributed by atoms with Gasteiger partial charge in [0, 0.05) is 44.7 Å². The van der Waals surface area contributed by atoms with Crippen LogP contribution in [0.1, 0.15) is 23.7 Å². The zero-order valence-electron chi connectivity index (χ0n) is 12.8. The minimum Gasteiger partial charge on any atom is -0.368 e. The van der Waals surface area contributed by atoms with Crippen molar-refractivity contribution in [1.29, 1.82) is 0 Å². The number of Topliss-reactive ketones (excluding diaryl/α,β-unsaturated/α-hetero) is 1. The molecular formula is C16H22FN3O2. The fourth-order valence-electron chi connectivity index (χ4n) is 2.59. The highest BCUT2D eigenvalue weighted by atomic mass is 19.1. The van der Waals surface area contributed by atoms with Crippen molar-refractivity contribution in [2.45, 2.75) is 19.4 Å². The van der Waals surface area contributed by atoms with E-state index in [9.17, 15) is 14.0 Å². The van der Waals surface area contributed by atoms with E-state index in [1.54, 1.807) is 0 Å². The summed E-state index contributed by atoms with van der Waals surface area (Å²) in [6.07, 6.45) is 0.414. The summed E-state index contributed by atoms with van der Waals surface area (Å²) in [5.74, 6) is -0.621. The Morgan fingerprint density at radius 3 is 2.32 bits per heavy atom. The van der Waals surface area contributed by atoms with Gasteiger partial charge in [-0.1, -0.05) is 0 Å². The van der Waals surface area contributed by atoms with Crippen LogP contribution < -0.4 is 5.73 Å². The molecular weight excluding hydrogens is 285 g/mol. The second kappa shape index (κ2) is 7.47. The van der Waals surface area contributed by atoms with Crippen LogP contribution in [0.25, 0.3) is 0 Å². The van der Waals surface area contributed by atoms with Gasteiger partial charge < -0.3 is 10.6 Å². The predicted molar refractivity (Wildman–Crippen MR) is 82.0 cm³/mol. The van der Waals surface area contributed by atoms with Gasteiger partial charge in [0.15, 0.2) is 5.78 Å². The van der Waals surface area contributed by atoms with Crippen molar-refractivity contribution >= 4 is 11.7 Å². The summed E-state index contributed by atoms with van der Waals surface area (Å²) >= 11 is 0. The number of carbonyl (C=O) groups is 2. The van der Waals surface area contributed by atoms with E-state index in [2.05, 4.69) is 9.80 Å². The van der Waals surface area contributed by atoms with Gasteiger partial charge in [0.25, 0.3) is 0 Å². The van der Waals surface area contributed by atoms with Gasteiger partial charge in [-0.2, -0.15) is 0 Å². The molecule has 2 N–H and O–H groups in total. The van der Waals surface area contributed by atoms with Gasteiger partial charge in [-0.25, -0.2) is 4.39 Å². The van der Waals surface area contributed by atoms with Crippen molar-refractivity contribution in [3.63, 3.8) is 0 Å². The van der Waals surface area contributed by atoms with Crippen LogP contribution in [-0.2, 0) is 4.79 Å². The van der Waals surface area contributed by atoms with Gasteiger partial charge in [-0.3, -0.25) is 14.5 Å². The quantitative estimate of drug-likeness (QED) is 0.793. The number of halogens is 1. The van der Waals surface area contributed by atoms with Crippen LogP contribution in [-0.4, -0.2) is 60.3 Å². The number of benzene rings is 1. The van der Waals surface area contributed by atoms with Gasteiger partial charge in [-0.05, 0) is 31.2 Å². The third kappa shape index (κ3) is 4.35. The van der Waals surface area contributed by atoms with Crippen molar-refractivity contribution in [2.75, 3.05) is 32.7 Å². The van der Waals surface area contributed by atoms with Gasteiger partial charge >= 0.3 is 0 Å². The van der Waals surface area contributed by atoms with Crippen LogP contribution in [0.4, 0.5) is 4.39 Å². The fourth-order valence-corrected chi connectivity index (χ4v) is 2.59. The molecule has 2 rings (SSSR count). The van der Waals surface area contributed by atoms with Crippen molar-refractivity contribution in [3.8, 4) is 0 Å². The average molecular weight is 307 g/mol. The number of ketones is 1. The lowest BCUT2D eigenvalue weighted by atomic mass is 10.1. The van der Waals surface area contributed by atoms with Crippen LogP contribution in [0.2, 0.25) is 0 Å². The summed E-state index contributed by atoms with van der Waals surface area (Å²) in [7, 11) is 0. The Morgan fingerprint density at radius 1 is 1.18 bits per heavy atom. The Labute approximate surface area is 129 Å². The van der Waals surface area contributed by atoms with E-state index in [-0.39, 0.29) is 23.5 Å². The molecule has 1 aromatic rings. The molecule has 22 heavy (non-hydrogen) atoms. The first-order chi connectivity index (χ1) is 10.5. The molecule has 120 valence electrons. The molecule has 1 heterocycles. The Kier molecular flexibility index (Phi) is 5.63. The highest BCUT2D eigenvalue weighted by Gasteiger charge is 2.24. The van der Waals surface area contributed by atoms with Crippen LogP contribution in [0.3, 0.4) is 0 Å². The summed E-state index contributed by atoms with van der Waals surface area (Å²) in [6.45, 7) is 5.66. The molecule has 1 atom stereocenters. The first-order valence-electron chi connectivity index (χ1n) is 7.52. The standard InChI is InChI=1S/C16H22FN3O2/c1-12(16(18)22)20-10-8-19(9-11-20)7-6-15(21)13-2-4-14(17)5-3-13/h2-5,12H,6-11H2,1H3,(H2,18,22)/t12-/m1/s1. The van der Waals surface area contributed by atoms with Crippen molar-refractivity contribution in [1.82, 2.24) is 9.80 Å². The maximum Gasteiger partial charge on any atom is 0.234 e. The molecule has 0 saturated carbocycles. The van der Waals surface area contributed by atoms with E-state index >= 15 is 0 Å². The van der Waals surface area contributed by atoms with Crippen LogP contribution >= 0.6 is 0 Å². The number of carbonyl (C=O) groups excluding carboxylic acids is 2. The van der Waals surface area contributed by atoms with Crippen LogP contribution in [0, 0.1) is 5.82 Å². The largest absolute Gasteiger partial charge is 0.368 e. The maximum atomic E-state index is 12.8. The number of piperazine rings is 1. The van der Waals surface area contributed by atoms with E-state index in [0.717, 1.165) is 26.2 Å². The summed E-state index contributed by atoms with van der Waals surface area (Å²) in [5, 5.41) is 0. The van der Waals surface area contributed by atoms with E-state index in [4.69, 9.17) is 5.73 Å². The summed E-state index contributed by atoms with van der Waals surface area (Å²) in [4.78, 5) is 27.5. The Morgan fingerprint density at radius 2 is 1.77 bits per heavy atom. The normalized spacial score (nSPS) is 18.1. The Hall–Kier alpha value is -1.79. The predicted octanol–water partition coefficient (Wildman–Crippen LogP) is 0.890. The number of primary amides is 1. The fraction of sp³-hybridized carbons (Fsp3) is 0.500. The molecule has 1 amide bonds. The number of amides is 1. The van der Waals surface area contributed by atoms with E-state index in [0.29, 0.717) is 18.5 Å². The van der Waals surface area contributed by atoms with Gasteiger partial charge in [0.1, 0.15) is 5.82 Å². The number of hydrogen-bond acceptors (Lipinski definition) is 4. The third-order valence-corrected chi connectivity index (χ3v) is 4.19. The average Bonchev–Trinajstić information content (AvgIpc) is 2.53. The second-order valence-electron chi connectivity index (χ2n) is 5.64. The molecule has 5 nitrogen and oxygen atoms in total. The maximum absolute atomic E-state index is 12.8. The molecule has 0 spiro atoms. The molecule has 1 aliphatic rings. The van der Waals surface area contributed by atoms with Crippen LogP contribution in [0.15, 0.2) is 24.3 Å². The minimum absolute atomic E-state index is 0.0212. The van der Waals surface area contributed by atoms with Gasteiger partial charge in [0.05, 0.1) is 6.04 Å². The molecule has 0 aliphatic carbocycles. The number of rotatable bonds is 6. The summed E-state index contributed by atoms with van der Waals surface area (Å²) < 4.78 is 12.8. The van der Waals surface area contributed by atoms with E-state index < -0.39 is 0 Å². The first-order valence-corrected chi connectivity index (χ1v) is 7.52. The van der Waals surface area contributed by atoms with Crippen LogP contribution in [0.5, 0.6) is 0 Å².